The molecule has 31 heavy (non-hydrogen) atoms. The number of methoxy groups -OCH3 is 1. The van der Waals surface area contributed by atoms with E-state index in [4.69, 9.17) is 19.9 Å². The highest BCUT2D eigenvalue weighted by Crippen LogP contribution is 2.35. The number of benzene rings is 1. The van der Waals surface area contributed by atoms with E-state index < -0.39 is 27.2 Å². The molecule has 0 saturated carbocycles. The van der Waals surface area contributed by atoms with Crippen LogP contribution in [0.3, 0.4) is 0 Å². The molecule has 1 aromatic heterocycles. The van der Waals surface area contributed by atoms with Crippen LogP contribution in [0.15, 0.2) is 35.5 Å². The van der Waals surface area contributed by atoms with Gasteiger partial charge in [0, 0.05) is 24.9 Å². The number of nitrogens with zero attached hydrogens (tertiary/aromatic N) is 4. The summed E-state index contributed by atoms with van der Waals surface area (Å²) >= 11 is 0. The normalized spacial score (nSPS) is 21.8. The Bertz CT molecular complexity index is 1070. The molecule has 2 N–H and O–H groups in total. The third-order valence-corrected chi connectivity index (χ3v) is 6.83. The molecule has 2 atom stereocenters. The second-order valence-electron chi connectivity index (χ2n) is 6.83. The van der Waals surface area contributed by atoms with Crippen LogP contribution in [-0.4, -0.2) is 62.1 Å². The maximum absolute atomic E-state index is 14.8. The van der Waals surface area contributed by atoms with Crippen LogP contribution < -0.4 is 15.2 Å². The second kappa shape index (κ2) is 9.43. The van der Waals surface area contributed by atoms with Crippen molar-refractivity contribution >= 4 is 16.0 Å². The van der Waals surface area contributed by atoms with Crippen LogP contribution in [0.2, 0.25) is 0 Å². The van der Waals surface area contributed by atoms with Gasteiger partial charge in [0.2, 0.25) is 21.9 Å². The van der Waals surface area contributed by atoms with E-state index in [1.165, 1.54) is 32.5 Å². The molecule has 3 rings (SSSR count). The van der Waals surface area contributed by atoms with Gasteiger partial charge in [-0.3, -0.25) is 4.99 Å². The van der Waals surface area contributed by atoms with Gasteiger partial charge in [-0.15, -0.1) is 0 Å². The summed E-state index contributed by atoms with van der Waals surface area (Å²) in [5.74, 6) is -0.458. The average molecular weight is 453 g/mol. The predicted octanol–water partition coefficient (Wildman–Crippen LogP) is 1.84. The van der Waals surface area contributed by atoms with E-state index >= 15 is 0 Å². The monoisotopic (exact) mass is 453 g/mol. The number of aliphatic imine (C=N–C) groups is 1. The fourth-order valence-corrected chi connectivity index (χ4v) is 4.75. The van der Waals surface area contributed by atoms with Crippen molar-refractivity contribution in [3.8, 4) is 17.6 Å². The molecule has 1 aliphatic heterocycles. The largest absolute Gasteiger partial charge is 0.481 e. The first-order valence-corrected chi connectivity index (χ1v) is 11.0. The Balaban J connectivity index is 2.02. The van der Waals surface area contributed by atoms with Crippen LogP contribution in [0, 0.1) is 5.82 Å². The quantitative estimate of drug-likeness (QED) is 0.742. The Morgan fingerprint density at radius 2 is 2.10 bits per heavy atom. The number of ether oxygens (including phenoxy) is 3. The summed E-state index contributed by atoms with van der Waals surface area (Å²) in [7, 11) is -1.37. The van der Waals surface area contributed by atoms with Crippen LogP contribution in [0.1, 0.15) is 24.2 Å². The zero-order chi connectivity index (χ0) is 22.6. The topological polar surface area (TPSA) is 129 Å². The van der Waals surface area contributed by atoms with Crippen LogP contribution in [0.5, 0.6) is 17.6 Å². The van der Waals surface area contributed by atoms with E-state index in [0.717, 1.165) is 10.4 Å². The first-order valence-electron chi connectivity index (χ1n) is 9.46. The van der Waals surface area contributed by atoms with Crippen molar-refractivity contribution in [3.63, 3.8) is 0 Å². The van der Waals surface area contributed by atoms with Gasteiger partial charge in [-0.05, 0) is 31.5 Å². The van der Waals surface area contributed by atoms with E-state index in [-0.39, 0.29) is 48.7 Å². The number of sulfonamides is 1. The minimum Gasteiger partial charge on any atom is -0.481 e. The highest BCUT2D eigenvalue weighted by atomic mass is 32.2. The molecule has 10 nitrogen and oxygen atoms in total. The molecule has 2 aromatic rings. The van der Waals surface area contributed by atoms with Gasteiger partial charge in [0.15, 0.2) is 0 Å². The van der Waals surface area contributed by atoms with Crippen molar-refractivity contribution in [1.29, 1.82) is 0 Å². The molecule has 2 heterocycles. The highest BCUT2D eigenvalue weighted by Gasteiger charge is 2.36. The number of guanidine groups is 1. The van der Waals surface area contributed by atoms with E-state index in [0.29, 0.717) is 0 Å². The summed E-state index contributed by atoms with van der Waals surface area (Å²) in [6, 6.07) is 5.30. The summed E-state index contributed by atoms with van der Waals surface area (Å²) < 4.78 is 58.5. The molecular formula is C19H24FN5O5S. The molecule has 0 fully saturated rings. The Morgan fingerprint density at radius 1 is 1.32 bits per heavy atom. The van der Waals surface area contributed by atoms with Crippen molar-refractivity contribution in [1.82, 2.24) is 14.3 Å². The lowest BCUT2D eigenvalue weighted by molar-refractivity contribution is 0.0645. The molecule has 0 radical (unpaired) electrons. The van der Waals surface area contributed by atoms with Gasteiger partial charge in [-0.2, -0.15) is 4.98 Å². The summed E-state index contributed by atoms with van der Waals surface area (Å²) in [6.07, 6.45) is 0.983. The SMILES string of the molecule is COc1ccnc(Oc2ccc(F)c([C@H]3C[C@H](C)OCCN=C(N)N(C)S3(=O)=O)c2)n1. The smallest absolute Gasteiger partial charge is 0.325 e. The van der Waals surface area contributed by atoms with Crippen LogP contribution in [0.4, 0.5) is 4.39 Å². The fourth-order valence-electron chi connectivity index (χ4n) is 3.04. The summed E-state index contributed by atoms with van der Waals surface area (Å²) in [6.45, 7) is 2.21. The van der Waals surface area contributed by atoms with Crippen molar-refractivity contribution < 1.29 is 27.0 Å². The number of rotatable bonds is 4. The van der Waals surface area contributed by atoms with Gasteiger partial charge in [-0.1, -0.05) is 0 Å². The predicted molar refractivity (Wildman–Crippen MR) is 111 cm³/mol. The van der Waals surface area contributed by atoms with Gasteiger partial charge in [0.05, 0.1) is 26.4 Å². The molecule has 0 amide bonds. The zero-order valence-corrected chi connectivity index (χ0v) is 18.2. The van der Waals surface area contributed by atoms with Crippen molar-refractivity contribution in [3.05, 3.63) is 41.8 Å². The van der Waals surface area contributed by atoms with Gasteiger partial charge < -0.3 is 19.9 Å². The maximum atomic E-state index is 14.8. The maximum Gasteiger partial charge on any atom is 0.325 e. The lowest BCUT2D eigenvalue weighted by Crippen LogP contribution is -2.43. The van der Waals surface area contributed by atoms with Gasteiger partial charge in [-0.25, -0.2) is 22.1 Å². The zero-order valence-electron chi connectivity index (χ0n) is 17.4. The first kappa shape index (κ1) is 22.7. The summed E-state index contributed by atoms with van der Waals surface area (Å²) in [5.41, 5.74) is 5.72. The fraction of sp³-hybridized carbons (Fsp3) is 0.421. The number of aromatic nitrogens is 2. The number of nitrogens with two attached hydrogens (primary N) is 1. The molecule has 0 aliphatic carbocycles. The number of hydrogen-bond acceptors (Lipinski definition) is 9. The van der Waals surface area contributed by atoms with Crippen molar-refractivity contribution in [2.24, 2.45) is 10.7 Å². The van der Waals surface area contributed by atoms with Gasteiger partial charge >= 0.3 is 6.01 Å². The Labute approximate surface area is 179 Å². The molecule has 1 aromatic carbocycles. The second-order valence-corrected chi connectivity index (χ2v) is 8.97. The highest BCUT2D eigenvalue weighted by molar-refractivity contribution is 7.89. The number of halogens is 1. The standard InChI is InChI=1S/C19H24FN5O5S/c1-12-10-16(31(26,27)25(2)18(21)22-8-9-29-12)14-11-13(4-5-15(14)20)30-19-23-7-6-17(24-19)28-3/h4-7,11-12,16H,8-10H2,1-3H3,(H2,21,22)/t12-,16+/m0/s1. The third kappa shape index (κ3) is 5.20. The molecule has 0 bridgehead atoms. The lowest BCUT2D eigenvalue weighted by atomic mass is 10.1. The molecule has 1 aliphatic rings. The van der Waals surface area contributed by atoms with Gasteiger partial charge in [0.1, 0.15) is 16.8 Å². The minimum absolute atomic E-state index is 0.00991. The molecular weight excluding hydrogens is 429 g/mol. The first-order chi connectivity index (χ1) is 14.7. The van der Waals surface area contributed by atoms with Gasteiger partial charge in [0.25, 0.3) is 0 Å². The molecule has 12 heteroatoms. The van der Waals surface area contributed by atoms with E-state index in [1.807, 2.05) is 0 Å². The Hall–Kier alpha value is -2.99. The van der Waals surface area contributed by atoms with Crippen molar-refractivity contribution in [2.75, 3.05) is 27.3 Å². The van der Waals surface area contributed by atoms with E-state index in [1.54, 1.807) is 13.0 Å². The van der Waals surface area contributed by atoms with Crippen LogP contribution in [0.25, 0.3) is 0 Å². The Morgan fingerprint density at radius 3 is 2.84 bits per heavy atom. The van der Waals surface area contributed by atoms with Crippen LogP contribution >= 0.6 is 0 Å². The van der Waals surface area contributed by atoms with E-state index in [9.17, 15) is 12.8 Å². The van der Waals surface area contributed by atoms with E-state index in [2.05, 4.69) is 15.0 Å². The molecule has 168 valence electrons. The average Bonchev–Trinajstić information content (AvgIpc) is 2.75. The number of hydrogen-bond donors (Lipinski definition) is 1. The molecule has 0 unspecified atom stereocenters. The third-order valence-electron chi connectivity index (χ3n) is 4.72. The van der Waals surface area contributed by atoms with Crippen molar-refractivity contribution in [2.45, 2.75) is 24.7 Å². The summed E-state index contributed by atoms with van der Waals surface area (Å²) in [5, 5.41) is -1.28. The molecule has 0 spiro atoms. The van der Waals surface area contributed by atoms with Crippen LogP contribution in [-0.2, 0) is 14.8 Å². The lowest BCUT2D eigenvalue weighted by Gasteiger charge is -2.29. The minimum atomic E-state index is -4.11. The Kier molecular flexibility index (Phi) is 6.91. The molecule has 0 saturated heterocycles. The summed E-state index contributed by atoms with van der Waals surface area (Å²) in [4.78, 5) is 12.0.